The van der Waals surface area contributed by atoms with E-state index in [-0.39, 0.29) is 17.2 Å². The number of hydrogen-bond donors (Lipinski definition) is 1. The number of hydrogen-bond acceptors (Lipinski definition) is 5. The maximum atomic E-state index is 13.1. The van der Waals surface area contributed by atoms with Crippen molar-refractivity contribution >= 4 is 40.0 Å². The van der Waals surface area contributed by atoms with Crippen molar-refractivity contribution in [1.82, 2.24) is 19.2 Å². The molecule has 4 aromatic rings. The molecule has 0 fully saturated rings. The number of anilines is 1. The molecule has 0 atom stereocenters. The van der Waals surface area contributed by atoms with Crippen LogP contribution in [0.3, 0.4) is 0 Å². The average Bonchev–Trinajstić information content (AvgIpc) is 3.20. The predicted octanol–water partition coefficient (Wildman–Crippen LogP) is 4.27. The van der Waals surface area contributed by atoms with E-state index in [1.807, 2.05) is 59.9 Å². The van der Waals surface area contributed by atoms with Crippen molar-refractivity contribution in [2.24, 2.45) is 0 Å². The highest BCUT2D eigenvalue weighted by Gasteiger charge is 2.17. The lowest BCUT2D eigenvalue weighted by molar-refractivity contribution is -0.113. The Labute approximate surface area is 184 Å². The maximum Gasteiger partial charge on any atom is 0.262 e. The molecule has 31 heavy (non-hydrogen) atoms. The molecule has 1 amide bonds. The molecule has 0 aliphatic carbocycles. The smallest absolute Gasteiger partial charge is 0.262 e. The molecule has 7 nitrogen and oxygen atoms in total. The lowest BCUT2D eigenvalue weighted by Gasteiger charge is -2.11. The van der Waals surface area contributed by atoms with Crippen LogP contribution in [0.15, 0.2) is 58.5 Å². The van der Waals surface area contributed by atoms with E-state index in [1.165, 1.54) is 11.8 Å². The first-order chi connectivity index (χ1) is 15.1. The molecule has 0 radical (unpaired) electrons. The highest BCUT2D eigenvalue weighted by atomic mass is 32.2. The van der Waals surface area contributed by atoms with E-state index >= 15 is 0 Å². The highest BCUT2D eigenvalue weighted by molar-refractivity contribution is 7.99. The van der Waals surface area contributed by atoms with Gasteiger partial charge in [0.15, 0.2) is 5.16 Å². The second-order valence-corrected chi connectivity index (χ2v) is 8.39. The molecular weight excluding hydrogens is 410 g/mol. The van der Waals surface area contributed by atoms with Gasteiger partial charge in [0.2, 0.25) is 11.7 Å². The Balaban J connectivity index is 1.65. The molecule has 160 valence electrons. The van der Waals surface area contributed by atoms with E-state index in [2.05, 4.69) is 22.4 Å². The van der Waals surface area contributed by atoms with Gasteiger partial charge in [-0.15, -0.1) is 10.2 Å². The number of aromatic nitrogens is 4. The summed E-state index contributed by atoms with van der Waals surface area (Å²) < 4.78 is 3.58. The number of carbonyl (C=O) groups excluding carboxylic acids is 1. The number of carbonyl (C=O) groups is 1. The van der Waals surface area contributed by atoms with Gasteiger partial charge < -0.3 is 5.32 Å². The Morgan fingerprint density at radius 3 is 2.65 bits per heavy atom. The van der Waals surface area contributed by atoms with Crippen molar-refractivity contribution in [2.75, 3.05) is 11.1 Å². The Morgan fingerprint density at radius 1 is 1.06 bits per heavy atom. The van der Waals surface area contributed by atoms with Crippen molar-refractivity contribution in [3.8, 4) is 0 Å². The van der Waals surface area contributed by atoms with Gasteiger partial charge in [-0.25, -0.2) is 0 Å². The second kappa shape index (κ2) is 9.34. The summed E-state index contributed by atoms with van der Waals surface area (Å²) in [5, 5.41) is 12.8. The second-order valence-electron chi connectivity index (χ2n) is 7.45. The van der Waals surface area contributed by atoms with Crippen LogP contribution in [0.2, 0.25) is 0 Å². The van der Waals surface area contributed by atoms with Gasteiger partial charge in [0.25, 0.3) is 5.56 Å². The van der Waals surface area contributed by atoms with Crippen molar-refractivity contribution in [3.05, 3.63) is 64.4 Å². The normalized spacial score (nSPS) is 11.3. The fourth-order valence-electron chi connectivity index (χ4n) is 3.58. The Kier molecular flexibility index (Phi) is 6.36. The minimum Gasteiger partial charge on any atom is -0.325 e. The van der Waals surface area contributed by atoms with Crippen LogP contribution in [-0.4, -0.2) is 30.8 Å². The minimum absolute atomic E-state index is 0.0551. The van der Waals surface area contributed by atoms with Gasteiger partial charge in [0.05, 0.1) is 16.7 Å². The molecule has 0 aliphatic heterocycles. The Hall–Kier alpha value is -3.13. The fraction of sp³-hybridized carbons (Fsp3) is 0.304. The number of fused-ring (bicyclic) bond motifs is 3. The molecule has 0 saturated heterocycles. The molecule has 0 saturated carbocycles. The van der Waals surface area contributed by atoms with Crippen molar-refractivity contribution in [2.45, 2.75) is 44.8 Å². The zero-order valence-corrected chi connectivity index (χ0v) is 18.5. The third-order valence-corrected chi connectivity index (χ3v) is 6.14. The summed E-state index contributed by atoms with van der Waals surface area (Å²) in [5.74, 6) is 0.594. The van der Waals surface area contributed by atoms with E-state index in [9.17, 15) is 9.59 Å². The molecule has 2 aromatic carbocycles. The fourth-order valence-corrected chi connectivity index (χ4v) is 4.32. The maximum absolute atomic E-state index is 13.1. The summed E-state index contributed by atoms with van der Waals surface area (Å²) in [6.07, 6.45) is 3.02. The molecule has 0 aliphatic rings. The van der Waals surface area contributed by atoms with E-state index in [1.54, 1.807) is 4.57 Å². The Bertz CT molecular complexity index is 1290. The molecular formula is C23H25N5O2S. The number of para-hydroxylation sites is 2. The number of amides is 1. The van der Waals surface area contributed by atoms with Crippen LogP contribution >= 0.6 is 11.8 Å². The highest BCUT2D eigenvalue weighted by Crippen LogP contribution is 2.22. The third-order valence-electron chi connectivity index (χ3n) is 5.22. The first-order valence-electron chi connectivity index (χ1n) is 10.4. The zero-order valence-electron chi connectivity index (χ0n) is 17.7. The van der Waals surface area contributed by atoms with Gasteiger partial charge in [0, 0.05) is 12.2 Å². The van der Waals surface area contributed by atoms with Gasteiger partial charge in [0.1, 0.15) is 0 Å². The van der Waals surface area contributed by atoms with Gasteiger partial charge in [-0.2, -0.15) is 0 Å². The molecule has 0 unspecified atom stereocenters. The summed E-state index contributed by atoms with van der Waals surface area (Å²) in [5.41, 5.74) is 2.51. The summed E-state index contributed by atoms with van der Waals surface area (Å²) in [6, 6.07) is 15.1. The van der Waals surface area contributed by atoms with E-state index in [0.29, 0.717) is 22.9 Å². The lowest BCUT2D eigenvalue weighted by atomic mass is 10.2. The largest absolute Gasteiger partial charge is 0.325 e. The third kappa shape index (κ3) is 4.34. The minimum atomic E-state index is -0.114. The van der Waals surface area contributed by atoms with Crippen LogP contribution in [0.5, 0.6) is 0 Å². The number of thioether (sulfide) groups is 1. The van der Waals surface area contributed by atoms with Gasteiger partial charge in [-0.1, -0.05) is 61.9 Å². The zero-order chi connectivity index (χ0) is 21.8. The van der Waals surface area contributed by atoms with Gasteiger partial charge in [-0.3, -0.25) is 18.6 Å². The summed E-state index contributed by atoms with van der Waals surface area (Å²) >= 11 is 1.31. The molecule has 0 spiro atoms. The monoisotopic (exact) mass is 435 g/mol. The van der Waals surface area contributed by atoms with E-state index in [0.717, 1.165) is 36.0 Å². The van der Waals surface area contributed by atoms with Gasteiger partial charge in [-0.05, 0) is 37.1 Å². The molecule has 2 aromatic heterocycles. The number of rotatable bonds is 8. The first kappa shape index (κ1) is 21.1. The van der Waals surface area contributed by atoms with Crippen molar-refractivity contribution in [1.29, 1.82) is 0 Å². The number of nitrogens with one attached hydrogen (secondary N) is 1. The van der Waals surface area contributed by atoms with Gasteiger partial charge >= 0.3 is 0 Å². The van der Waals surface area contributed by atoms with E-state index < -0.39 is 0 Å². The number of nitrogens with zero attached hydrogens (tertiary/aromatic N) is 4. The summed E-state index contributed by atoms with van der Waals surface area (Å²) in [7, 11) is 0. The Morgan fingerprint density at radius 2 is 1.84 bits per heavy atom. The van der Waals surface area contributed by atoms with Crippen LogP contribution < -0.4 is 10.9 Å². The average molecular weight is 436 g/mol. The van der Waals surface area contributed by atoms with Crippen LogP contribution in [-0.2, 0) is 11.3 Å². The lowest BCUT2D eigenvalue weighted by Crippen LogP contribution is -2.23. The standard InChI is InChI=1S/C23H25N5O2S/c1-3-4-9-14-27-21(30)17-11-6-8-13-19(17)28-22(27)25-26-23(28)31-15-20(29)24-18-12-7-5-10-16(18)2/h5-8,10-13H,3-4,9,14-15H2,1-2H3,(H,24,29). The molecule has 8 heteroatoms. The molecule has 1 N–H and O–H groups in total. The summed E-state index contributed by atoms with van der Waals surface area (Å²) in [6.45, 7) is 4.68. The summed E-state index contributed by atoms with van der Waals surface area (Å²) in [4.78, 5) is 25.6. The number of benzene rings is 2. The number of aryl methyl sites for hydroxylation is 2. The van der Waals surface area contributed by atoms with Crippen molar-refractivity contribution < 1.29 is 4.79 Å². The van der Waals surface area contributed by atoms with Crippen LogP contribution in [0.1, 0.15) is 31.7 Å². The van der Waals surface area contributed by atoms with Crippen molar-refractivity contribution in [3.63, 3.8) is 0 Å². The topological polar surface area (TPSA) is 81.3 Å². The molecule has 4 rings (SSSR count). The predicted molar refractivity (Wildman–Crippen MR) is 125 cm³/mol. The first-order valence-corrected chi connectivity index (χ1v) is 11.4. The number of unbranched alkanes of at least 4 members (excludes halogenated alkanes) is 2. The van der Waals surface area contributed by atoms with Crippen LogP contribution in [0.4, 0.5) is 5.69 Å². The molecule has 0 bridgehead atoms. The van der Waals surface area contributed by atoms with E-state index in [4.69, 9.17) is 0 Å². The van der Waals surface area contributed by atoms with Crippen LogP contribution in [0, 0.1) is 6.92 Å². The SMILES string of the molecule is CCCCCn1c(=O)c2ccccc2n2c(SCC(=O)Nc3ccccc3C)nnc12. The van der Waals surface area contributed by atoms with Crippen LogP contribution in [0.25, 0.3) is 16.7 Å². The molecule has 2 heterocycles. The quantitative estimate of drug-likeness (QED) is 0.330.